The number of aliphatic hydroxyl groups excluding tert-OH is 1. The van der Waals surface area contributed by atoms with Gasteiger partial charge in [-0.1, -0.05) is 12.8 Å². The smallest absolute Gasteiger partial charge is 0.203 e. The van der Waals surface area contributed by atoms with Crippen LogP contribution in [0, 0.1) is 5.82 Å². The average molecular weight is 263 g/mol. The monoisotopic (exact) mass is 263 g/mol. The number of aromatic nitrogens is 2. The molecule has 2 unspecified atom stereocenters. The number of hydrogen-bond acceptors (Lipinski definition) is 3. The molecule has 102 valence electrons. The first-order valence-electron chi connectivity index (χ1n) is 6.71. The van der Waals surface area contributed by atoms with Gasteiger partial charge in [0, 0.05) is 7.05 Å². The number of imidazole rings is 1. The molecule has 0 bridgehead atoms. The zero-order valence-electron chi connectivity index (χ0n) is 10.9. The highest BCUT2D eigenvalue weighted by molar-refractivity contribution is 5.77. The number of H-pyrrole nitrogens is 1. The quantitative estimate of drug-likeness (QED) is 0.875. The molecule has 0 aliphatic heterocycles. The SMILES string of the molecule is CN(c1nc2ccc(F)cc2[nH]1)C1CCCCC1O. The number of halogens is 1. The number of anilines is 1. The normalized spacial score (nSPS) is 23.7. The Hall–Kier alpha value is -1.62. The second-order valence-corrected chi connectivity index (χ2v) is 5.25. The third-order valence-electron chi connectivity index (χ3n) is 3.96. The van der Waals surface area contributed by atoms with E-state index in [1.165, 1.54) is 12.1 Å². The number of hydrogen-bond donors (Lipinski definition) is 2. The van der Waals surface area contributed by atoms with Gasteiger partial charge in [-0.05, 0) is 31.0 Å². The van der Waals surface area contributed by atoms with Gasteiger partial charge in [-0.3, -0.25) is 0 Å². The number of likely N-dealkylation sites (N-methyl/N-ethyl adjacent to an activating group) is 1. The van der Waals surface area contributed by atoms with Crippen LogP contribution in [0.15, 0.2) is 18.2 Å². The second-order valence-electron chi connectivity index (χ2n) is 5.25. The van der Waals surface area contributed by atoms with Gasteiger partial charge in [0.1, 0.15) is 5.82 Å². The lowest BCUT2D eigenvalue weighted by molar-refractivity contribution is 0.105. The van der Waals surface area contributed by atoms with Gasteiger partial charge in [0.25, 0.3) is 0 Å². The fourth-order valence-electron chi connectivity index (χ4n) is 2.84. The number of aromatic amines is 1. The Balaban J connectivity index is 1.90. The zero-order valence-corrected chi connectivity index (χ0v) is 10.9. The number of nitrogens with zero attached hydrogens (tertiary/aromatic N) is 2. The maximum atomic E-state index is 13.2. The molecule has 2 aromatic rings. The fourth-order valence-corrected chi connectivity index (χ4v) is 2.84. The van der Waals surface area contributed by atoms with Crippen molar-refractivity contribution < 1.29 is 9.50 Å². The molecule has 3 rings (SSSR count). The number of aliphatic hydroxyl groups is 1. The summed E-state index contributed by atoms with van der Waals surface area (Å²) in [6, 6.07) is 4.59. The van der Waals surface area contributed by atoms with Crippen molar-refractivity contribution in [2.24, 2.45) is 0 Å². The van der Waals surface area contributed by atoms with Crippen molar-refractivity contribution in [1.29, 1.82) is 0 Å². The van der Waals surface area contributed by atoms with Crippen LogP contribution in [0.5, 0.6) is 0 Å². The average Bonchev–Trinajstić information content (AvgIpc) is 2.81. The van der Waals surface area contributed by atoms with Crippen LogP contribution in [-0.2, 0) is 0 Å². The number of fused-ring (bicyclic) bond motifs is 1. The lowest BCUT2D eigenvalue weighted by Crippen LogP contribution is -2.43. The van der Waals surface area contributed by atoms with Crippen LogP contribution in [-0.4, -0.2) is 34.3 Å². The molecule has 2 atom stereocenters. The van der Waals surface area contributed by atoms with Crippen molar-refractivity contribution in [1.82, 2.24) is 9.97 Å². The van der Waals surface area contributed by atoms with Crippen molar-refractivity contribution in [2.45, 2.75) is 37.8 Å². The van der Waals surface area contributed by atoms with E-state index in [1.807, 2.05) is 11.9 Å². The molecule has 1 saturated carbocycles. The summed E-state index contributed by atoms with van der Waals surface area (Å²) >= 11 is 0. The molecule has 1 aromatic heterocycles. The van der Waals surface area contributed by atoms with Gasteiger partial charge in [-0.25, -0.2) is 9.37 Å². The molecule has 1 aliphatic carbocycles. The Bertz CT molecular complexity index is 583. The highest BCUT2D eigenvalue weighted by Crippen LogP contribution is 2.26. The molecule has 2 N–H and O–H groups in total. The van der Waals surface area contributed by atoms with Crippen LogP contribution >= 0.6 is 0 Å². The molecule has 5 heteroatoms. The maximum Gasteiger partial charge on any atom is 0.203 e. The first-order chi connectivity index (χ1) is 9.15. The second kappa shape index (κ2) is 4.81. The van der Waals surface area contributed by atoms with E-state index in [0.29, 0.717) is 11.5 Å². The summed E-state index contributed by atoms with van der Waals surface area (Å²) in [5.41, 5.74) is 1.43. The van der Waals surface area contributed by atoms with Gasteiger partial charge in [0.05, 0.1) is 23.2 Å². The summed E-state index contributed by atoms with van der Waals surface area (Å²) < 4.78 is 13.2. The van der Waals surface area contributed by atoms with E-state index < -0.39 is 0 Å². The summed E-state index contributed by atoms with van der Waals surface area (Å²) in [7, 11) is 1.92. The van der Waals surface area contributed by atoms with Crippen LogP contribution < -0.4 is 4.90 Å². The Kier molecular flexibility index (Phi) is 3.14. The molecular weight excluding hydrogens is 245 g/mol. The topological polar surface area (TPSA) is 52.2 Å². The van der Waals surface area contributed by atoms with E-state index in [4.69, 9.17) is 0 Å². The first-order valence-corrected chi connectivity index (χ1v) is 6.71. The zero-order chi connectivity index (χ0) is 13.4. The van der Waals surface area contributed by atoms with E-state index >= 15 is 0 Å². The van der Waals surface area contributed by atoms with E-state index in [-0.39, 0.29) is 18.0 Å². The third kappa shape index (κ3) is 2.30. The molecule has 19 heavy (non-hydrogen) atoms. The van der Waals surface area contributed by atoms with Crippen molar-refractivity contribution >= 4 is 17.0 Å². The molecular formula is C14H18FN3O. The van der Waals surface area contributed by atoms with Gasteiger partial charge >= 0.3 is 0 Å². The van der Waals surface area contributed by atoms with Crippen molar-refractivity contribution in [3.05, 3.63) is 24.0 Å². The molecule has 1 aliphatic rings. The highest BCUT2D eigenvalue weighted by Gasteiger charge is 2.28. The van der Waals surface area contributed by atoms with Gasteiger partial charge in [-0.15, -0.1) is 0 Å². The minimum atomic E-state index is -0.316. The first kappa shape index (κ1) is 12.4. The Morgan fingerprint density at radius 1 is 1.37 bits per heavy atom. The van der Waals surface area contributed by atoms with Crippen molar-refractivity contribution in [2.75, 3.05) is 11.9 Å². The van der Waals surface area contributed by atoms with Gasteiger partial charge < -0.3 is 15.0 Å². The predicted octanol–water partition coefficient (Wildman–Crippen LogP) is 2.44. The molecule has 0 spiro atoms. The molecule has 0 amide bonds. The molecule has 0 radical (unpaired) electrons. The minimum absolute atomic E-state index is 0.0826. The van der Waals surface area contributed by atoms with Crippen LogP contribution in [0.4, 0.5) is 10.3 Å². The summed E-state index contributed by atoms with van der Waals surface area (Å²) in [6.45, 7) is 0. The predicted molar refractivity (Wildman–Crippen MR) is 72.7 cm³/mol. The minimum Gasteiger partial charge on any atom is -0.391 e. The lowest BCUT2D eigenvalue weighted by atomic mass is 9.92. The van der Waals surface area contributed by atoms with E-state index in [9.17, 15) is 9.50 Å². The number of benzene rings is 1. The van der Waals surface area contributed by atoms with E-state index in [1.54, 1.807) is 6.07 Å². The summed E-state index contributed by atoms with van der Waals surface area (Å²) in [6.07, 6.45) is 3.69. The molecule has 4 nitrogen and oxygen atoms in total. The van der Waals surface area contributed by atoms with Gasteiger partial charge in [-0.2, -0.15) is 0 Å². The van der Waals surface area contributed by atoms with Gasteiger partial charge in [0.15, 0.2) is 0 Å². The molecule has 0 saturated heterocycles. The third-order valence-corrected chi connectivity index (χ3v) is 3.96. The lowest BCUT2D eigenvalue weighted by Gasteiger charge is -2.34. The number of rotatable bonds is 2. The fraction of sp³-hybridized carbons (Fsp3) is 0.500. The Morgan fingerprint density at radius 2 is 2.16 bits per heavy atom. The Labute approximate surface area is 111 Å². The van der Waals surface area contributed by atoms with Gasteiger partial charge in [0.2, 0.25) is 5.95 Å². The van der Waals surface area contributed by atoms with Crippen LogP contribution in [0.1, 0.15) is 25.7 Å². The standard InChI is InChI=1S/C14H18FN3O/c1-18(12-4-2-3-5-13(12)19)14-16-10-7-6-9(15)8-11(10)17-14/h6-8,12-13,19H,2-5H2,1H3,(H,16,17). The van der Waals surface area contributed by atoms with E-state index in [2.05, 4.69) is 9.97 Å². The molecule has 1 aromatic carbocycles. The molecule has 1 heterocycles. The van der Waals surface area contributed by atoms with Crippen molar-refractivity contribution in [3.63, 3.8) is 0 Å². The maximum absolute atomic E-state index is 13.2. The van der Waals surface area contributed by atoms with Crippen LogP contribution in [0.3, 0.4) is 0 Å². The Morgan fingerprint density at radius 3 is 2.95 bits per heavy atom. The number of nitrogens with one attached hydrogen (secondary N) is 1. The summed E-state index contributed by atoms with van der Waals surface area (Å²) in [5, 5.41) is 10.1. The molecule has 1 fully saturated rings. The summed E-state index contributed by atoms with van der Waals surface area (Å²) in [4.78, 5) is 9.55. The summed E-state index contributed by atoms with van der Waals surface area (Å²) in [5.74, 6) is 0.412. The largest absolute Gasteiger partial charge is 0.391 e. The van der Waals surface area contributed by atoms with Crippen molar-refractivity contribution in [3.8, 4) is 0 Å². The highest BCUT2D eigenvalue weighted by atomic mass is 19.1. The van der Waals surface area contributed by atoms with Crippen LogP contribution in [0.25, 0.3) is 11.0 Å². The van der Waals surface area contributed by atoms with E-state index in [0.717, 1.165) is 31.2 Å². The van der Waals surface area contributed by atoms with Crippen LogP contribution in [0.2, 0.25) is 0 Å².